The molecule has 0 fully saturated rings. The zero-order chi connectivity index (χ0) is 7.98. The number of carbonyl (C=O) groups excluding carboxylic acids is 1. The molecule has 0 bridgehead atoms. The molecule has 4 nitrogen and oxygen atoms in total. The molecule has 10 heavy (non-hydrogen) atoms. The highest BCUT2D eigenvalue weighted by Gasteiger charge is 2.04. The second-order valence-electron chi connectivity index (χ2n) is 2.27. The van der Waals surface area contributed by atoms with E-state index in [2.05, 4.69) is 0 Å². The second-order valence-corrected chi connectivity index (χ2v) is 2.27. The van der Waals surface area contributed by atoms with Crippen LogP contribution in [0.4, 0.5) is 0 Å². The molecule has 0 saturated heterocycles. The molecule has 0 aromatic carbocycles. The van der Waals surface area contributed by atoms with Gasteiger partial charge in [-0.3, -0.25) is 0 Å². The van der Waals surface area contributed by atoms with Crippen molar-refractivity contribution < 1.29 is 9.90 Å². The van der Waals surface area contributed by atoms with Gasteiger partial charge in [0.25, 0.3) is 0 Å². The molecule has 0 heterocycles. The van der Waals surface area contributed by atoms with E-state index >= 15 is 0 Å². The van der Waals surface area contributed by atoms with Gasteiger partial charge in [-0.1, -0.05) is 0 Å². The van der Waals surface area contributed by atoms with E-state index in [0.29, 0.717) is 19.1 Å². The summed E-state index contributed by atoms with van der Waals surface area (Å²) in [6.45, 7) is 0.228. The van der Waals surface area contributed by atoms with E-state index in [0.717, 1.165) is 0 Å². The normalized spacial score (nSPS) is 16.3. The molecule has 5 N–H and O–H groups in total. The Labute approximate surface area is 60.2 Å². The first-order valence-electron chi connectivity index (χ1n) is 3.29. The molecule has 0 aliphatic carbocycles. The van der Waals surface area contributed by atoms with Crippen molar-refractivity contribution in [2.75, 3.05) is 6.54 Å². The van der Waals surface area contributed by atoms with Crippen LogP contribution < -0.4 is 11.5 Å². The van der Waals surface area contributed by atoms with Crippen molar-refractivity contribution in [2.24, 2.45) is 11.5 Å². The van der Waals surface area contributed by atoms with Gasteiger partial charge in [-0.25, -0.2) is 0 Å². The van der Waals surface area contributed by atoms with E-state index in [1.807, 2.05) is 0 Å². The largest absolute Gasteiger partial charge is 0.392 e. The Kier molecular flexibility index (Phi) is 5.10. The molecule has 0 spiro atoms. The van der Waals surface area contributed by atoms with Gasteiger partial charge in [0, 0.05) is 6.54 Å². The Balaban J connectivity index is 3.25. The van der Waals surface area contributed by atoms with Crippen molar-refractivity contribution in [2.45, 2.75) is 25.0 Å². The molecule has 4 heteroatoms. The maximum atomic E-state index is 9.97. The number of hydrogen-bond acceptors (Lipinski definition) is 4. The number of aliphatic hydroxyl groups excluding tert-OH is 1. The molecule has 0 radical (unpaired) electrons. The van der Waals surface area contributed by atoms with Crippen LogP contribution in [-0.4, -0.2) is 30.1 Å². The average Bonchev–Trinajstić information content (AvgIpc) is 1.99. The molecule has 60 valence electrons. The smallest absolute Gasteiger partial charge is 0.136 e. The summed E-state index contributed by atoms with van der Waals surface area (Å²) >= 11 is 0. The minimum atomic E-state index is -0.522. The third-order valence-electron chi connectivity index (χ3n) is 1.28. The zero-order valence-corrected chi connectivity index (χ0v) is 5.86. The lowest BCUT2D eigenvalue weighted by Gasteiger charge is -2.07. The molecule has 0 rings (SSSR count). The summed E-state index contributed by atoms with van der Waals surface area (Å²) < 4.78 is 0. The Hall–Kier alpha value is -0.450. The van der Waals surface area contributed by atoms with Gasteiger partial charge in [-0.15, -0.1) is 0 Å². The van der Waals surface area contributed by atoms with Crippen molar-refractivity contribution in [3.8, 4) is 0 Å². The monoisotopic (exact) mass is 146 g/mol. The van der Waals surface area contributed by atoms with Crippen molar-refractivity contribution in [1.82, 2.24) is 0 Å². The maximum Gasteiger partial charge on any atom is 0.136 e. The van der Waals surface area contributed by atoms with Crippen LogP contribution in [-0.2, 0) is 4.79 Å². The van der Waals surface area contributed by atoms with Gasteiger partial charge >= 0.3 is 0 Å². The molecule has 0 aliphatic heterocycles. The molecular weight excluding hydrogens is 132 g/mol. The molecule has 2 atom stereocenters. The fraction of sp³-hybridized carbons (Fsp3) is 0.833. The Morgan fingerprint density at radius 1 is 1.50 bits per heavy atom. The summed E-state index contributed by atoms with van der Waals surface area (Å²) in [6.07, 6.45) is 1.15. The Morgan fingerprint density at radius 2 is 2.10 bits per heavy atom. The van der Waals surface area contributed by atoms with Crippen LogP contribution in [0.1, 0.15) is 12.8 Å². The van der Waals surface area contributed by atoms with Gasteiger partial charge in [0.1, 0.15) is 6.29 Å². The predicted molar refractivity (Wildman–Crippen MR) is 38.3 cm³/mol. The van der Waals surface area contributed by atoms with Gasteiger partial charge in [-0.05, 0) is 12.8 Å². The van der Waals surface area contributed by atoms with Gasteiger partial charge in [0.05, 0.1) is 12.1 Å². The highest BCUT2D eigenvalue weighted by Crippen LogP contribution is 1.96. The van der Waals surface area contributed by atoms with Crippen LogP contribution in [0.3, 0.4) is 0 Å². The molecular formula is C6H14N2O2. The zero-order valence-electron chi connectivity index (χ0n) is 5.86. The van der Waals surface area contributed by atoms with Gasteiger partial charge in [-0.2, -0.15) is 0 Å². The SMILES string of the molecule is NC[C@H](O)CC[C@H](N)C=O. The third kappa shape index (κ3) is 4.43. The third-order valence-corrected chi connectivity index (χ3v) is 1.28. The second kappa shape index (κ2) is 5.34. The fourth-order valence-electron chi connectivity index (χ4n) is 0.571. The Bertz CT molecular complexity index is 97.7. The lowest BCUT2D eigenvalue weighted by atomic mass is 10.1. The van der Waals surface area contributed by atoms with E-state index in [1.165, 1.54) is 0 Å². The molecule has 0 aromatic rings. The summed E-state index contributed by atoms with van der Waals surface area (Å²) in [5.74, 6) is 0. The summed E-state index contributed by atoms with van der Waals surface area (Å²) in [6, 6.07) is -0.457. The number of nitrogens with two attached hydrogens (primary N) is 2. The summed E-state index contributed by atoms with van der Waals surface area (Å²) in [5.41, 5.74) is 10.4. The van der Waals surface area contributed by atoms with Gasteiger partial charge in [0.2, 0.25) is 0 Å². The minimum Gasteiger partial charge on any atom is -0.392 e. The molecule has 0 unspecified atom stereocenters. The predicted octanol–water partition coefficient (Wildman–Crippen LogP) is -1.39. The Morgan fingerprint density at radius 3 is 2.50 bits per heavy atom. The van der Waals surface area contributed by atoms with E-state index in [-0.39, 0.29) is 6.54 Å². The van der Waals surface area contributed by atoms with Crippen LogP contribution in [0, 0.1) is 0 Å². The first-order chi connectivity index (χ1) is 4.70. The maximum absolute atomic E-state index is 9.97. The summed E-state index contributed by atoms with van der Waals surface area (Å²) in [4.78, 5) is 9.97. The lowest BCUT2D eigenvalue weighted by molar-refractivity contribution is -0.109. The van der Waals surface area contributed by atoms with Crippen molar-refractivity contribution in [3.63, 3.8) is 0 Å². The van der Waals surface area contributed by atoms with Crippen molar-refractivity contribution >= 4 is 6.29 Å². The number of rotatable bonds is 5. The van der Waals surface area contributed by atoms with E-state index in [1.54, 1.807) is 0 Å². The molecule has 0 aromatic heterocycles. The average molecular weight is 146 g/mol. The quantitative estimate of drug-likeness (QED) is 0.417. The highest BCUT2D eigenvalue weighted by atomic mass is 16.3. The van der Waals surface area contributed by atoms with Crippen LogP contribution in [0.25, 0.3) is 0 Å². The summed E-state index contributed by atoms with van der Waals surface area (Å²) in [7, 11) is 0. The van der Waals surface area contributed by atoms with E-state index in [4.69, 9.17) is 16.6 Å². The number of hydrogen-bond donors (Lipinski definition) is 3. The van der Waals surface area contributed by atoms with E-state index < -0.39 is 12.1 Å². The highest BCUT2D eigenvalue weighted by molar-refractivity contribution is 5.56. The first-order valence-corrected chi connectivity index (χ1v) is 3.29. The topological polar surface area (TPSA) is 89.3 Å². The molecule has 0 saturated carbocycles. The van der Waals surface area contributed by atoms with Crippen LogP contribution in [0.5, 0.6) is 0 Å². The van der Waals surface area contributed by atoms with Crippen LogP contribution in [0.2, 0.25) is 0 Å². The number of carbonyl (C=O) groups is 1. The van der Waals surface area contributed by atoms with Crippen molar-refractivity contribution in [3.05, 3.63) is 0 Å². The minimum absolute atomic E-state index is 0.228. The number of aldehydes is 1. The standard InChI is InChI=1S/C6H14N2O2/c7-3-6(10)2-1-5(8)4-9/h4-6,10H,1-3,7-8H2/t5-,6+/m0/s1. The van der Waals surface area contributed by atoms with Gasteiger partial charge in [0.15, 0.2) is 0 Å². The molecule has 0 amide bonds. The number of aliphatic hydroxyl groups is 1. The first kappa shape index (κ1) is 9.55. The lowest BCUT2D eigenvalue weighted by Crippen LogP contribution is -2.26. The molecule has 0 aliphatic rings. The van der Waals surface area contributed by atoms with Gasteiger partial charge < -0.3 is 21.4 Å². The fourth-order valence-corrected chi connectivity index (χ4v) is 0.571. The van der Waals surface area contributed by atoms with Crippen LogP contribution >= 0.6 is 0 Å². The van der Waals surface area contributed by atoms with Crippen LogP contribution in [0.15, 0.2) is 0 Å². The van der Waals surface area contributed by atoms with Crippen molar-refractivity contribution in [1.29, 1.82) is 0 Å². The summed E-state index contributed by atoms with van der Waals surface area (Å²) in [5, 5.41) is 8.91. The van der Waals surface area contributed by atoms with E-state index in [9.17, 15) is 4.79 Å².